The van der Waals surface area contributed by atoms with Crippen LogP contribution < -0.4 is 90.4 Å². The number of nitrogens with two attached hydrogens (primary N) is 8. The maximum Gasteiger partial charge on any atom is 0.141 e. The summed E-state index contributed by atoms with van der Waals surface area (Å²) in [6.07, 6.45) is -1.78. The molecule has 22 nitrogen and oxygen atoms in total. The average Bonchev–Trinajstić information content (AvgIpc) is 2.64. The fraction of sp³-hybridized carbons (Fsp3) is 1.00. The first kappa shape index (κ1) is 26.2. The Balaban J connectivity index is 3.25. The highest BCUT2D eigenvalue weighted by atomic mass is 16.2. The predicted octanol–water partition coefficient (Wildman–Crippen LogP) is -9.51. The number of hydrogen-bond acceptors (Lipinski definition) is 22. The zero-order valence-electron chi connectivity index (χ0n) is 16.2. The molecule has 1 aliphatic heterocycles. The van der Waals surface area contributed by atoms with Crippen LogP contribution in [0.2, 0.25) is 0 Å². The van der Waals surface area contributed by atoms with E-state index >= 15 is 0 Å². The molecule has 1 heterocycles. The van der Waals surface area contributed by atoms with Gasteiger partial charge in [-0.15, -0.1) is 32.0 Å². The van der Waals surface area contributed by atoms with Crippen molar-refractivity contribution in [3.63, 3.8) is 0 Å². The molecule has 0 atom stereocenters. The average molecular weight is 429 g/mol. The van der Waals surface area contributed by atoms with Crippen molar-refractivity contribution < 1.29 is 0 Å². The summed E-state index contributed by atoms with van der Waals surface area (Å²) in [4.78, 5) is 0. The van der Waals surface area contributed by atoms with Crippen molar-refractivity contribution in [2.45, 2.75) is 38.6 Å². The van der Waals surface area contributed by atoms with Crippen LogP contribution in [-0.4, -0.2) is 56.3 Å². The molecule has 0 bridgehead atoms. The molecule has 0 aromatic heterocycles. The van der Waals surface area contributed by atoms with Gasteiger partial charge in [0.15, 0.2) is 0 Å². The Hall–Kier alpha value is -0.880. The molecule has 1 rings (SSSR count). The van der Waals surface area contributed by atoms with Gasteiger partial charge >= 0.3 is 0 Å². The van der Waals surface area contributed by atoms with Crippen molar-refractivity contribution in [3.8, 4) is 0 Å². The topological polar surface area (TPSA) is 324 Å². The minimum Gasteiger partial charge on any atom is -0.301 e. The number of hydrazine groups is 16. The Bertz CT molecular complexity index is 416. The fourth-order valence-electron chi connectivity index (χ4n) is 1.95. The van der Waals surface area contributed by atoms with Crippen LogP contribution in [0.1, 0.15) is 19.8 Å². The molecule has 0 unspecified atom stereocenters. The van der Waals surface area contributed by atoms with Crippen LogP contribution in [0.4, 0.5) is 0 Å². The molecule has 174 valence electrons. The van der Waals surface area contributed by atoms with Gasteiger partial charge in [0.25, 0.3) is 0 Å². The number of unbranched alkanes of at least 4 members (excludes halogenated alkanes) is 1. The summed E-state index contributed by atoms with van der Waals surface area (Å²) in [6, 6.07) is 0. The van der Waals surface area contributed by atoms with Crippen molar-refractivity contribution in [2.75, 3.05) is 6.54 Å². The first-order valence-corrected chi connectivity index (χ1v) is 8.51. The second kappa shape index (κ2) is 13.4. The Morgan fingerprint density at radius 2 is 1.55 bits per heavy atom. The summed E-state index contributed by atoms with van der Waals surface area (Å²) in [5, 5.41) is 6.96. The normalized spacial score (nSPS) is 21.9. The van der Waals surface area contributed by atoms with Crippen molar-refractivity contribution in [3.05, 3.63) is 0 Å². The van der Waals surface area contributed by atoms with E-state index in [0.717, 1.165) is 33.4 Å². The summed E-state index contributed by atoms with van der Waals surface area (Å²) >= 11 is 0. The third-order valence-electron chi connectivity index (χ3n) is 3.25. The van der Waals surface area contributed by atoms with Crippen LogP contribution in [0.3, 0.4) is 0 Å². The van der Waals surface area contributed by atoms with Crippen LogP contribution in [-0.2, 0) is 0 Å². The largest absolute Gasteiger partial charge is 0.301 e. The lowest BCUT2D eigenvalue weighted by Gasteiger charge is -2.47. The second-order valence-corrected chi connectivity index (χ2v) is 5.57. The zero-order chi connectivity index (χ0) is 22.0. The smallest absolute Gasteiger partial charge is 0.141 e. The van der Waals surface area contributed by atoms with E-state index in [1.165, 1.54) is 10.3 Å². The molecule has 24 N–H and O–H groups in total. The predicted molar refractivity (Wildman–Crippen MR) is 101 cm³/mol. The fourth-order valence-corrected chi connectivity index (χ4v) is 1.95. The number of nitrogens with one attached hydrogen (secondary N) is 8. The summed E-state index contributed by atoms with van der Waals surface area (Å²) in [7, 11) is 0. The van der Waals surface area contributed by atoms with Gasteiger partial charge in [0.1, 0.15) is 18.9 Å². The quantitative estimate of drug-likeness (QED) is 0.0967. The maximum atomic E-state index is 5.93. The number of rotatable bonds is 8. The van der Waals surface area contributed by atoms with E-state index in [0.29, 0.717) is 6.54 Å². The molecule has 0 aromatic carbocycles. The van der Waals surface area contributed by atoms with Gasteiger partial charge in [-0.3, -0.25) is 5.84 Å². The van der Waals surface area contributed by atoms with E-state index in [9.17, 15) is 0 Å². The summed E-state index contributed by atoms with van der Waals surface area (Å²) in [5.41, 5.74) is 55.6. The van der Waals surface area contributed by atoms with Crippen LogP contribution >= 0.6 is 0 Å². The molecule has 0 aliphatic carbocycles. The molecule has 0 amide bonds. The van der Waals surface area contributed by atoms with E-state index in [4.69, 9.17) is 46.1 Å². The SMILES string of the molecule is CCCCN1NN(C(N)N)N(C(N)N)N(N)NNNNN(C(N)N)NN1NNN. The van der Waals surface area contributed by atoms with E-state index in [2.05, 4.69) is 44.3 Å². The van der Waals surface area contributed by atoms with E-state index in [1.807, 2.05) is 6.92 Å². The molecule has 1 fully saturated rings. The number of nitrogens with zero attached hydrogens (tertiary/aromatic N) is 6. The second-order valence-electron chi connectivity index (χ2n) is 5.57. The van der Waals surface area contributed by atoms with Crippen LogP contribution in [0.15, 0.2) is 0 Å². The van der Waals surface area contributed by atoms with Gasteiger partial charge in [-0.2, -0.15) is 27.7 Å². The Morgan fingerprint density at radius 1 is 0.897 bits per heavy atom. The van der Waals surface area contributed by atoms with Gasteiger partial charge in [-0.05, 0) is 6.42 Å². The highest BCUT2D eigenvalue weighted by molar-refractivity contribution is 4.56. The maximum absolute atomic E-state index is 5.93. The van der Waals surface area contributed by atoms with Gasteiger partial charge in [0.05, 0.1) is 0 Å². The van der Waals surface area contributed by atoms with Crippen molar-refractivity contribution in [1.82, 2.24) is 75.2 Å². The van der Waals surface area contributed by atoms with E-state index in [1.54, 1.807) is 0 Å². The monoisotopic (exact) mass is 428 g/mol. The summed E-state index contributed by atoms with van der Waals surface area (Å²) in [6.45, 7) is 2.40. The molecular weight excluding hydrogens is 392 g/mol. The van der Waals surface area contributed by atoms with Gasteiger partial charge in [0.2, 0.25) is 0 Å². The summed E-state index contributed by atoms with van der Waals surface area (Å²) < 4.78 is 0. The van der Waals surface area contributed by atoms with Crippen molar-refractivity contribution in [1.29, 1.82) is 0 Å². The molecule has 0 saturated carbocycles. The Labute approximate surface area is 167 Å². The summed E-state index contributed by atoms with van der Waals surface area (Å²) in [5.74, 6) is 11.3. The standard InChI is InChI=1S/C7H36N22/c1-2-3-4-24-22-26(6(10)11)27(7(12)13)28(15)21-18-17-20-25(5(8)9)23-29(24)19-16-14/h5-7,16-23H,2-4,8-15H2,1H3. The highest BCUT2D eigenvalue weighted by Gasteiger charge is 2.32. The van der Waals surface area contributed by atoms with Crippen LogP contribution in [0, 0.1) is 0 Å². The first-order chi connectivity index (χ1) is 13.7. The minimum atomic E-state index is -1.17. The third-order valence-corrected chi connectivity index (χ3v) is 3.25. The Kier molecular flexibility index (Phi) is 12.1. The molecule has 22 heteroatoms. The van der Waals surface area contributed by atoms with Crippen LogP contribution in [0.25, 0.3) is 0 Å². The van der Waals surface area contributed by atoms with Gasteiger partial charge < -0.3 is 34.4 Å². The van der Waals surface area contributed by atoms with E-state index < -0.39 is 18.9 Å². The van der Waals surface area contributed by atoms with Crippen LogP contribution in [0.5, 0.6) is 0 Å². The first-order valence-electron chi connectivity index (χ1n) is 8.51. The van der Waals surface area contributed by atoms with Gasteiger partial charge in [0, 0.05) is 6.54 Å². The van der Waals surface area contributed by atoms with Gasteiger partial charge in [-0.1, -0.05) is 28.9 Å². The molecule has 1 aliphatic rings. The molecule has 0 radical (unpaired) electrons. The molecule has 29 heavy (non-hydrogen) atoms. The lowest BCUT2D eigenvalue weighted by molar-refractivity contribution is -0.342. The van der Waals surface area contributed by atoms with Gasteiger partial charge in [-0.25, -0.2) is 5.84 Å². The molecule has 0 aromatic rings. The Morgan fingerprint density at radius 3 is 2.07 bits per heavy atom. The molecular formula is C7H36N22. The van der Waals surface area contributed by atoms with Crippen molar-refractivity contribution >= 4 is 0 Å². The zero-order valence-corrected chi connectivity index (χ0v) is 16.2. The van der Waals surface area contributed by atoms with Crippen molar-refractivity contribution in [2.24, 2.45) is 46.1 Å². The lowest BCUT2D eigenvalue weighted by Crippen LogP contribution is -2.83. The lowest BCUT2D eigenvalue weighted by atomic mass is 10.3. The molecule has 0 spiro atoms. The number of hydrogen-bond donors (Lipinski definition) is 16. The molecule has 1 saturated heterocycles. The minimum absolute atomic E-state index is 0.395. The third kappa shape index (κ3) is 8.41. The van der Waals surface area contributed by atoms with E-state index in [-0.39, 0.29) is 0 Å². The highest BCUT2D eigenvalue weighted by Crippen LogP contribution is 2.02.